The van der Waals surface area contributed by atoms with Crippen molar-refractivity contribution in [3.05, 3.63) is 0 Å². The normalized spacial score (nSPS) is 56.0. The van der Waals surface area contributed by atoms with E-state index in [2.05, 4.69) is 27.7 Å². The van der Waals surface area contributed by atoms with Crippen LogP contribution in [0.25, 0.3) is 0 Å². The summed E-state index contributed by atoms with van der Waals surface area (Å²) in [6.45, 7) is 9.35. The Bertz CT molecular complexity index is 552. The molecule has 2 nitrogen and oxygen atoms in total. The third kappa shape index (κ3) is 1.93. The third-order valence-corrected chi connectivity index (χ3v) is 9.04. The van der Waals surface area contributed by atoms with Gasteiger partial charge in [0.05, 0.1) is 0 Å². The molecular weight excluding hydrogens is 284 g/mol. The highest BCUT2D eigenvalue weighted by Crippen LogP contribution is 2.67. The zero-order valence-corrected chi connectivity index (χ0v) is 15.2. The van der Waals surface area contributed by atoms with Gasteiger partial charge >= 0.3 is 0 Å². The number of carbonyl (C=O) groups excluding carboxylic acids is 2. The van der Waals surface area contributed by atoms with Gasteiger partial charge in [-0.1, -0.05) is 27.7 Å². The van der Waals surface area contributed by atoms with Gasteiger partial charge < -0.3 is 0 Å². The molecule has 23 heavy (non-hydrogen) atoms. The maximum absolute atomic E-state index is 12.5. The minimum atomic E-state index is -0.0330. The number of ketones is 2. The van der Waals surface area contributed by atoms with Crippen LogP contribution < -0.4 is 0 Å². The zero-order chi connectivity index (χ0) is 16.6. The Morgan fingerprint density at radius 3 is 2.39 bits per heavy atom. The number of carbonyl (C=O) groups is 2. The molecule has 0 amide bonds. The fraction of sp³-hybridized carbons (Fsp3) is 0.905. The molecule has 0 bridgehead atoms. The average molecular weight is 316 g/mol. The predicted molar refractivity (Wildman–Crippen MR) is 90.8 cm³/mol. The first-order valence-electron chi connectivity index (χ1n) is 9.85. The molecule has 0 N–H and O–H groups in total. The Morgan fingerprint density at radius 2 is 1.65 bits per heavy atom. The Hall–Kier alpha value is -0.660. The van der Waals surface area contributed by atoms with E-state index >= 15 is 0 Å². The Labute approximate surface area is 140 Å². The van der Waals surface area contributed by atoms with Crippen LogP contribution in [0.1, 0.15) is 72.6 Å². The fourth-order valence-corrected chi connectivity index (χ4v) is 7.62. The van der Waals surface area contributed by atoms with E-state index in [0.717, 1.165) is 38.0 Å². The molecule has 4 saturated carbocycles. The van der Waals surface area contributed by atoms with Crippen molar-refractivity contribution in [3.63, 3.8) is 0 Å². The van der Waals surface area contributed by atoms with E-state index in [9.17, 15) is 9.59 Å². The van der Waals surface area contributed by atoms with Gasteiger partial charge in [-0.3, -0.25) is 9.59 Å². The molecule has 0 aromatic heterocycles. The van der Waals surface area contributed by atoms with Crippen LogP contribution in [0.15, 0.2) is 0 Å². The highest BCUT2D eigenvalue weighted by atomic mass is 16.1. The van der Waals surface area contributed by atoms with Gasteiger partial charge in [-0.2, -0.15) is 0 Å². The van der Waals surface area contributed by atoms with Crippen molar-refractivity contribution in [2.45, 2.75) is 72.6 Å². The highest BCUT2D eigenvalue weighted by Gasteiger charge is 2.62. The molecule has 0 aromatic rings. The van der Waals surface area contributed by atoms with Crippen LogP contribution in [-0.2, 0) is 9.59 Å². The Kier molecular flexibility index (Phi) is 3.39. The molecule has 4 aliphatic carbocycles. The summed E-state index contributed by atoms with van der Waals surface area (Å²) in [4.78, 5) is 24.8. The maximum atomic E-state index is 12.5. The number of rotatable bonds is 0. The molecule has 1 unspecified atom stereocenters. The molecule has 4 aliphatic rings. The molecule has 2 heteroatoms. The van der Waals surface area contributed by atoms with E-state index in [4.69, 9.17) is 0 Å². The summed E-state index contributed by atoms with van der Waals surface area (Å²) in [7, 11) is 0. The van der Waals surface area contributed by atoms with Crippen LogP contribution in [0.5, 0.6) is 0 Å². The molecule has 8 atom stereocenters. The molecule has 0 spiro atoms. The Balaban J connectivity index is 1.72. The highest BCUT2D eigenvalue weighted by molar-refractivity contribution is 5.87. The van der Waals surface area contributed by atoms with Crippen LogP contribution in [0, 0.1) is 46.3 Å². The third-order valence-electron chi connectivity index (χ3n) is 9.04. The van der Waals surface area contributed by atoms with Gasteiger partial charge in [0, 0.05) is 24.2 Å². The van der Waals surface area contributed by atoms with Gasteiger partial charge in [0.2, 0.25) is 0 Å². The summed E-state index contributed by atoms with van der Waals surface area (Å²) in [5, 5.41) is 0. The monoisotopic (exact) mass is 316 g/mol. The summed E-state index contributed by atoms with van der Waals surface area (Å²) < 4.78 is 0. The van der Waals surface area contributed by atoms with Crippen LogP contribution in [0.4, 0.5) is 0 Å². The van der Waals surface area contributed by atoms with E-state index in [1.165, 1.54) is 12.8 Å². The van der Waals surface area contributed by atoms with Gasteiger partial charge in [-0.05, 0) is 67.1 Å². The molecule has 0 aliphatic heterocycles. The quantitative estimate of drug-likeness (QED) is 0.651. The van der Waals surface area contributed by atoms with Crippen molar-refractivity contribution in [1.29, 1.82) is 0 Å². The maximum Gasteiger partial charge on any atom is 0.139 e. The minimum absolute atomic E-state index is 0.0330. The average Bonchev–Trinajstić information content (AvgIpc) is 2.82. The lowest BCUT2D eigenvalue weighted by atomic mass is 9.42. The number of fused-ring (bicyclic) bond motifs is 5. The Morgan fingerprint density at radius 1 is 0.913 bits per heavy atom. The van der Waals surface area contributed by atoms with Crippen molar-refractivity contribution in [1.82, 2.24) is 0 Å². The molecule has 0 aromatic carbocycles. The second-order valence-corrected chi connectivity index (χ2v) is 9.79. The topological polar surface area (TPSA) is 34.1 Å². The summed E-state index contributed by atoms with van der Waals surface area (Å²) in [5.74, 6) is 4.56. The van der Waals surface area contributed by atoms with Crippen LogP contribution >= 0.6 is 0 Å². The van der Waals surface area contributed by atoms with Gasteiger partial charge in [-0.25, -0.2) is 0 Å². The minimum Gasteiger partial charge on any atom is -0.299 e. The fourth-order valence-electron chi connectivity index (χ4n) is 7.62. The summed E-state index contributed by atoms with van der Waals surface area (Å²) >= 11 is 0. The van der Waals surface area contributed by atoms with E-state index < -0.39 is 0 Å². The molecule has 128 valence electrons. The van der Waals surface area contributed by atoms with Crippen molar-refractivity contribution in [2.75, 3.05) is 0 Å². The second kappa shape index (κ2) is 4.92. The smallest absolute Gasteiger partial charge is 0.139 e. The molecular formula is C21H32O2. The summed E-state index contributed by atoms with van der Waals surface area (Å²) in [5.41, 5.74) is 0.298. The molecule has 4 fully saturated rings. The van der Waals surface area contributed by atoms with Crippen molar-refractivity contribution >= 4 is 11.6 Å². The summed E-state index contributed by atoms with van der Waals surface area (Å²) in [6.07, 6.45) is 7.31. The second-order valence-electron chi connectivity index (χ2n) is 9.79. The molecule has 0 saturated heterocycles. The number of Topliss-reactive ketones (excluding diaryl/α,β-unsaturated/α-hetero) is 2. The number of hydrogen-bond acceptors (Lipinski definition) is 2. The predicted octanol–water partition coefficient (Wildman–Crippen LogP) is 4.66. The standard InChI is InChI=1S/C21H32O2/c1-12-11-16-13(2)17(22)8-10-20(16,3)15-7-9-21(4)14(19(12)15)5-6-18(21)23/h12-16,19H,5-11H2,1-4H3/t12-,13?,14-,15-,16-,19-,20+,21-/m0/s1. The van der Waals surface area contributed by atoms with Crippen molar-refractivity contribution < 1.29 is 9.59 Å². The lowest BCUT2D eigenvalue weighted by Gasteiger charge is -2.62. The van der Waals surface area contributed by atoms with Crippen LogP contribution in [-0.4, -0.2) is 11.6 Å². The van der Waals surface area contributed by atoms with Gasteiger partial charge in [-0.15, -0.1) is 0 Å². The molecule has 0 heterocycles. The largest absolute Gasteiger partial charge is 0.299 e. The molecule has 4 rings (SSSR count). The first kappa shape index (κ1) is 15.8. The lowest BCUT2D eigenvalue weighted by Crippen LogP contribution is -2.58. The first-order chi connectivity index (χ1) is 10.8. The van der Waals surface area contributed by atoms with Gasteiger partial charge in [0.15, 0.2) is 0 Å². The van der Waals surface area contributed by atoms with Crippen molar-refractivity contribution in [2.24, 2.45) is 46.3 Å². The molecule has 0 radical (unpaired) electrons. The lowest BCUT2D eigenvalue weighted by molar-refractivity contribution is -0.160. The first-order valence-corrected chi connectivity index (χ1v) is 9.85. The zero-order valence-electron chi connectivity index (χ0n) is 15.2. The van der Waals surface area contributed by atoms with Crippen molar-refractivity contribution in [3.8, 4) is 0 Å². The SMILES string of the molecule is CC1C(=O)CC[C@@]2(C)[C@H]1C[C@H](C)[C@@H]1[C@@H]2CC[C@]2(C)C(=O)CC[C@@H]12. The van der Waals surface area contributed by atoms with E-state index in [1.54, 1.807) is 0 Å². The van der Waals surface area contributed by atoms with E-state index in [1.807, 2.05) is 0 Å². The van der Waals surface area contributed by atoms with Crippen LogP contribution in [0.2, 0.25) is 0 Å². The van der Waals surface area contributed by atoms with E-state index in [-0.39, 0.29) is 11.3 Å². The van der Waals surface area contributed by atoms with E-state index in [0.29, 0.717) is 40.7 Å². The summed E-state index contributed by atoms with van der Waals surface area (Å²) in [6, 6.07) is 0. The van der Waals surface area contributed by atoms with Gasteiger partial charge in [0.1, 0.15) is 11.6 Å². The van der Waals surface area contributed by atoms with Gasteiger partial charge in [0.25, 0.3) is 0 Å². The van der Waals surface area contributed by atoms with Crippen LogP contribution in [0.3, 0.4) is 0 Å². The number of hydrogen-bond donors (Lipinski definition) is 0.